The van der Waals surface area contributed by atoms with Crippen molar-refractivity contribution in [1.82, 2.24) is 10.2 Å². The number of hydrogen-bond donors (Lipinski definition) is 1. The molecule has 2 aliphatic heterocycles. The molecule has 2 fully saturated rings. The number of morpholine rings is 1. The number of benzene rings is 1. The third kappa shape index (κ3) is 6.46. The van der Waals surface area contributed by atoms with Gasteiger partial charge in [-0.25, -0.2) is 4.39 Å². The van der Waals surface area contributed by atoms with E-state index < -0.39 is 0 Å². The summed E-state index contributed by atoms with van der Waals surface area (Å²) >= 11 is 0. The molecule has 0 spiro atoms. The van der Waals surface area contributed by atoms with Gasteiger partial charge in [0.1, 0.15) is 23.8 Å². The molecule has 1 aromatic carbocycles. The van der Waals surface area contributed by atoms with E-state index >= 15 is 0 Å². The average Bonchev–Trinajstić information content (AvgIpc) is 3.17. The molecule has 2 saturated heterocycles. The molecule has 0 aromatic heterocycles. The molecule has 0 bridgehead atoms. The molecular weight excluding hydrogens is 464 g/mol. The molecule has 3 rings (SSSR count). The van der Waals surface area contributed by atoms with Crippen molar-refractivity contribution in [3.05, 3.63) is 30.1 Å². The summed E-state index contributed by atoms with van der Waals surface area (Å²) in [7, 11) is 1.77. The van der Waals surface area contributed by atoms with Crippen LogP contribution in [-0.2, 0) is 9.47 Å². The number of guanidine groups is 1. The van der Waals surface area contributed by atoms with Crippen LogP contribution in [0, 0.1) is 5.82 Å². The Morgan fingerprint density at radius 2 is 2.19 bits per heavy atom. The quantitative estimate of drug-likeness (QED) is 0.389. The van der Waals surface area contributed by atoms with Crippen molar-refractivity contribution in [2.75, 3.05) is 39.9 Å². The van der Waals surface area contributed by atoms with E-state index in [0.29, 0.717) is 18.9 Å². The second-order valence-electron chi connectivity index (χ2n) is 6.72. The number of rotatable bonds is 5. The smallest absolute Gasteiger partial charge is 0.193 e. The predicted octanol–water partition coefficient (Wildman–Crippen LogP) is 2.67. The summed E-state index contributed by atoms with van der Waals surface area (Å²) in [6, 6.07) is 6.19. The Labute approximate surface area is 177 Å². The Bertz CT molecular complexity index is 614. The van der Waals surface area contributed by atoms with Crippen molar-refractivity contribution in [2.45, 2.75) is 38.1 Å². The first-order chi connectivity index (χ1) is 12.7. The van der Waals surface area contributed by atoms with Crippen LogP contribution in [0.2, 0.25) is 0 Å². The Morgan fingerprint density at radius 3 is 2.89 bits per heavy atom. The number of halogens is 2. The number of nitrogens with zero attached hydrogens (tertiary/aromatic N) is 2. The number of hydrogen-bond acceptors (Lipinski definition) is 4. The van der Waals surface area contributed by atoms with Crippen molar-refractivity contribution < 1.29 is 18.6 Å². The monoisotopic (exact) mass is 493 g/mol. The van der Waals surface area contributed by atoms with Gasteiger partial charge in [0.05, 0.1) is 19.3 Å². The fourth-order valence-corrected chi connectivity index (χ4v) is 3.37. The lowest BCUT2D eigenvalue weighted by molar-refractivity contribution is -0.0817. The Balaban J connectivity index is 0.00000261. The zero-order valence-corrected chi connectivity index (χ0v) is 18.2. The van der Waals surface area contributed by atoms with Gasteiger partial charge >= 0.3 is 0 Å². The van der Waals surface area contributed by atoms with E-state index in [1.807, 2.05) is 6.92 Å². The molecule has 152 valence electrons. The Hall–Kier alpha value is -1.13. The van der Waals surface area contributed by atoms with Gasteiger partial charge in [0.25, 0.3) is 0 Å². The minimum atomic E-state index is -0.299. The lowest BCUT2D eigenvalue weighted by atomic mass is 10.1. The van der Waals surface area contributed by atoms with Gasteiger partial charge in [-0.1, -0.05) is 6.07 Å². The molecule has 0 saturated carbocycles. The van der Waals surface area contributed by atoms with E-state index in [-0.39, 0.29) is 48.1 Å². The highest BCUT2D eigenvalue weighted by molar-refractivity contribution is 14.0. The molecular formula is C19H29FIN3O3. The molecule has 1 N–H and O–H groups in total. The maximum Gasteiger partial charge on any atom is 0.193 e. The van der Waals surface area contributed by atoms with Crippen LogP contribution in [0.25, 0.3) is 0 Å². The molecule has 27 heavy (non-hydrogen) atoms. The standard InChI is InChI=1S/C19H28FN3O3.HI/c1-14(26-16-6-3-5-15(20)11-16)12-22-19(21-2)23-8-10-25-18(13-23)17-7-4-9-24-17;/h3,5-6,11,14,17-18H,4,7-10,12-13H2,1-2H3,(H,21,22);1H. The summed E-state index contributed by atoms with van der Waals surface area (Å²) in [5, 5.41) is 3.35. The maximum absolute atomic E-state index is 13.3. The highest BCUT2D eigenvalue weighted by atomic mass is 127. The molecule has 1 aromatic rings. The van der Waals surface area contributed by atoms with E-state index in [0.717, 1.165) is 38.5 Å². The van der Waals surface area contributed by atoms with E-state index in [2.05, 4.69) is 15.2 Å². The number of ether oxygens (including phenoxy) is 3. The van der Waals surface area contributed by atoms with Gasteiger partial charge < -0.3 is 24.4 Å². The SMILES string of the molecule is CN=C(NCC(C)Oc1cccc(F)c1)N1CCOC(C2CCCO2)C1.I. The summed E-state index contributed by atoms with van der Waals surface area (Å²) in [5.74, 6) is 1.05. The van der Waals surface area contributed by atoms with Crippen molar-refractivity contribution in [3.8, 4) is 5.75 Å². The van der Waals surface area contributed by atoms with Crippen LogP contribution in [0.3, 0.4) is 0 Å². The van der Waals surface area contributed by atoms with Crippen molar-refractivity contribution >= 4 is 29.9 Å². The van der Waals surface area contributed by atoms with Gasteiger partial charge in [-0.05, 0) is 31.9 Å². The summed E-state index contributed by atoms with van der Waals surface area (Å²) in [4.78, 5) is 6.58. The highest BCUT2D eigenvalue weighted by Gasteiger charge is 2.32. The normalized spacial score (nSPS) is 24.3. The summed E-state index contributed by atoms with van der Waals surface area (Å²) in [6.45, 7) is 5.57. The average molecular weight is 493 g/mol. The van der Waals surface area contributed by atoms with E-state index in [1.54, 1.807) is 19.2 Å². The molecule has 0 aliphatic carbocycles. The van der Waals surface area contributed by atoms with Crippen molar-refractivity contribution in [1.29, 1.82) is 0 Å². The first-order valence-corrected chi connectivity index (χ1v) is 9.26. The van der Waals surface area contributed by atoms with E-state index in [9.17, 15) is 4.39 Å². The third-order valence-corrected chi connectivity index (χ3v) is 4.67. The van der Waals surface area contributed by atoms with E-state index in [4.69, 9.17) is 14.2 Å². The van der Waals surface area contributed by atoms with Gasteiger partial charge in [0, 0.05) is 32.8 Å². The highest BCUT2D eigenvalue weighted by Crippen LogP contribution is 2.21. The van der Waals surface area contributed by atoms with Crippen LogP contribution in [0.5, 0.6) is 5.75 Å². The van der Waals surface area contributed by atoms with E-state index in [1.165, 1.54) is 12.1 Å². The Kier molecular flexibility index (Phi) is 9.04. The van der Waals surface area contributed by atoms with Gasteiger partial charge in [-0.3, -0.25) is 4.99 Å². The zero-order chi connectivity index (χ0) is 18.4. The molecule has 3 unspecified atom stereocenters. The second-order valence-corrected chi connectivity index (χ2v) is 6.72. The molecule has 8 heteroatoms. The zero-order valence-electron chi connectivity index (χ0n) is 15.9. The lowest BCUT2D eigenvalue weighted by Gasteiger charge is -2.37. The summed E-state index contributed by atoms with van der Waals surface area (Å²) in [5.41, 5.74) is 0. The van der Waals surface area contributed by atoms with Gasteiger partial charge in [0.15, 0.2) is 5.96 Å². The molecule has 2 aliphatic rings. The minimum absolute atomic E-state index is 0. The largest absolute Gasteiger partial charge is 0.489 e. The van der Waals surface area contributed by atoms with Crippen LogP contribution in [0.1, 0.15) is 19.8 Å². The van der Waals surface area contributed by atoms with Gasteiger partial charge in [0.2, 0.25) is 0 Å². The number of nitrogens with one attached hydrogen (secondary N) is 1. The lowest BCUT2D eigenvalue weighted by Crippen LogP contribution is -2.54. The third-order valence-electron chi connectivity index (χ3n) is 4.67. The fraction of sp³-hybridized carbons (Fsp3) is 0.632. The van der Waals surface area contributed by atoms with Gasteiger partial charge in [-0.15, -0.1) is 24.0 Å². The molecule has 6 nitrogen and oxygen atoms in total. The van der Waals surface area contributed by atoms with Crippen LogP contribution >= 0.6 is 24.0 Å². The molecule has 0 radical (unpaired) electrons. The molecule has 3 atom stereocenters. The molecule has 0 amide bonds. The first-order valence-electron chi connectivity index (χ1n) is 9.26. The van der Waals surface area contributed by atoms with Crippen LogP contribution < -0.4 is 10.1 Å². The van der Waals surface area contributed by atoms with Crippen LogP contribution in [-0.4, -0.2) is 69.1 Å². The predicted molar refractivity (Wildman–Crippen MR) is 114 cm³/mol. The number of aliphatic imine (C=N–C) groups is 1. The first kappa shape index (κ1) is 22.2. The summed E-state index contributed by atoms with van der Waals surface area (Å²) in [6.07, 6.45) is 2.32. The fourth-order valence-electron chi connectivity index (χ4n) is 3.37. The Morgan fingerprint density at radius 1 is 1.37 bits per heavy atom. The van der Waals surface area contributed by atoms with Crippen LogP contribution in [0.15, 0.2) is 29.3 Å². The second kappa shape index (κ2) is 11.0. The maximum atomic E-state index is 13.3. The van der Waals surface area contributed by atoms with Gasteiger partial charge in [-0.2, -0.15) is 0 Å². The van der Waals surface area contributed by atoms with Crippen molar-refractivity contribution in [3.63, 3.8) is 0 Å². The minimum Gasteiger partial charge on any atom is -0.489 e. The topological polar surface area (TPSA) is 55.3 Å². The van der Waals surface area contributed by atoms with Crippen molar-refractivity contribution in [2.24, 2.45) is 4.99 Å². The molecule has 2 heterocycles. The van der Waals surface area contributed by atoms with Crippen LogP contribution in [0.4, 0.5) is 4.39 Å². The summed E-state index contributed by atoms with van der Waals surface area (Å²) < 4.78 is 30.7.